The fourth-order valence-corrected chi connectivity index (χ4v) is 3.51. The van der Waals surface area contributed by atoms with Gasteiger partial charge in [-0.25, -0.2) is 4.79 Å². The number of para-hydroxylation sites is 1. The molecule has 1 aliphatic rings. The molecule has 1 aliphatic heterocycles. The molecule has 5 heteroatoms. The number of carbonyl (C=O) groups excluding carboxylic acids is 1. The van der Waals surface area contributed by atoms with Gasteiger partial charge >= 0.3 is 5.97 Å². The zero-order chi connectivity index (χ0) is 13.8. The number of hydrogen-bond donors (Lipinski definition) is 0. The van der Waals surface area contributed by atoms with Crippen molar-refractivity contribution in [3.63, 3.8) is 0 Å². The molecule has 0 bridgehead atoms. The number of methoxy groups -OCH3 is 1. The summed E-state index contributed by atoms with van der Waals surface area (Å²) in [4.78, 5) is 11.8. The van der Waals surface area contributed by atoms with Gasteiger partial charge in [-0.1, -0.05) is 19.1 Å². The van der Waals surface area contributed by atoms with E-state index in [4.69, 9.17) is 4.74 Å². The van der Waals surface area contributed by atoms with Crippen LogP contribution in [-0.2, 0) is 16.0 Å². The first-order valence-corrected chi connectivity index (χ1v) is 7.19. The number of hydrogen-bond acceptors (Lipinski definition) is 5. The molecule has 19 heavy (non-hydrogen) atoms. The van der Waals surface area contributed by atoms with Crippen molar-refractivity contribution in [2.45, 2.75) is 25.8 Å². The van der Waals surface area contributed by atoms with E-state index < -0.39 is 0 Å². The molecule has 1 aromatic rings. The average molecular weight is 276 g/mol. The Morgan fingerprint density at radius 1 is 1.63 bits per heavy atom. The minimum atomic E-state index is -0.296. The lowest BCUT2D eigenvalue weighted by Gasteiger charge is -2.26. The van der Waals surface area contributed by atoms with Crippen LogP contribution >= 0.6 is 11.9 Å². The van der Waals surface area contributed by atoms with Crippen LogP contribution in [0.15, 0.2) is 18.2 Å². The van der Waals surface area contributed by atoms with E-state index in [1.54, 1.807) is 18.0 Å². The van der Waals surface area contributed by atoms with Gasteiger partial charge in [0.1, 0.15) is 12.1 Å². The number of esters is 1. The predicted octanol–water partition coefficient (Wildman–Crippen LogP) is 2.52. The first-order chi connectivity index (χ1) is 9.22. The van der Waals surface area contributed by atoms with Crippen molar-refractivity contribution in [2.75, 3.05) is 17.2 Å². The SMILES string of the molecule is CCc1cccc(C#N)c1N1SCC[C@H]1C(=O)OC. The van der Waals surface area contributed by atoms with Gasteiger partial charge in [0.05, 0.1) is 18.4 Å². The zero-order valence-corrected chi connectivity index (χ0v) is 11.9. The maximum absolute atomic E-state index is 11.8. The normalized spacial score (nSPS) is 18.2. The maximum atomic E-state index is 11.8. The predicted molar refractivity (Wildman–Crippen MR) is 75.9 cm³/mol. The summed E-state index contributed by atoms with van der Waals surface area (Å²) >= 11 is 1.59. The molecule has 1 atom stereocenters. The topological polar surface area (TPSA) is 53.3 Å². The second-order valence-corrected chi connectivity index (χ2v) is 5.33. The highest BCUT2D eigenvalue weighted by molar-refractivity contribution is 8.01. The standard InChI is InChI=1S/C14H16N2O2S/c1-3-10-5-4-6-11(9-15)13(10)16-12(7-8-19-16)14(17)18-2/h4-6,12H,3,7-8H2,1-2H3/t12-/m0/s1. The molecule has 0 unspecified atom stereocenters. The van der Waals surface area contributed by atoms with E-state index in [2.05, 4.69) is 6.07 Å². The molecule has 0 amide bonds. The molecular weight excluding hydrogens is 260 g/mol. The van der Waals surface area contributed by atoms with Crippen molar-refractivity contribution in [1.82, 2.24) is 0 Å². The smallest absolute Gasteiger partial charge is 0.329 e. The van der Waals surface area contributed by atoms with E-state index >= 15 is 0 Å². The maximum Gasteiger partial charge on any atom is 0.329 e. The van der Waals surface area contributed by atoms with E-state index in [-0.39, 0.29) is 12.0 Å². The van der Waals surface area contributed by atoms with Crippen LogP contribution in [0.5, 0.6) is 0 Å². The van der Waals surface area contributed by atoms with Crippen LogP contribution in [0.25, 0.3) is 0 Å². The summed E-state index contributed by atoms with van der Waals surface area (Å²) in [5, 5.41) is 9.28. The van der Waals surface area contributed by atoms with Gasteiger partial charge in [0.2, 0.25) is 0 Å². The van der Waals surface area contributed by atoms with Crippen molar-refractivity contribution in [2.24, 2.45) is 0 Å². The summed E-state index contributed by atoms with van der Waals surface area (Å²) in [6.07, 6.45) is 1.58. The van der Waals surface area contributed by atoms with Crippen molar-refractivity contribution in [3.05, 3.63) is 29.3 Å². The molecule has 100 valence electrons. The van der Waals surface area contributed by atoms with E-state index in [1.165, 1.54) is 7.11 Å². The molecule has 0 saturated carbocycles. The highest BCUT2D eigenvalue weighted by atomic mass is 32.2. The first-order valence-electron chi connectivity index (χ1n) is 6.24. The lowest BCUT2D eigenvalue weighted by Crippen LogP contribution is -2.34. The Morgan fingerprint density at radius 3 is 3.05 bits per heavy atom. The second kappa shape index (κ2) is 5.98. The summed E-state index contributed by atoms with van der Waals surface area (Å²) in [5.41, 5.74) is 2.57. The Hall–Kier alpha value is -1.67. The van der Waals surface area contributed by atoms with Crippen molar-refractivity contribution in [3.8, 4) is 6.07 Å². The molecule has 4 nitrogen and oxygen atoms in total. The average Bonchev–Trinajstić information content (AvgIpc) is 2.94. The first kappa shape index (κ1) is 13.8. The minimum Gasteiger partial charge on any atom is -0.467 e. The summed E-state index contributed by atoms with van der Waals surface area (Å²) in [6.45, 7) is 2.05. The fraction of sp³-hybridized carbons (Fsp3) is 0.429. The third-order valence-corrected chi connectivity index (χ3v) is 4.35. The Labute approximate surface area is 117 Å². The third-order valence-electron chi connectivity index (χ3n) is 3.22. The molecule has 0 aromatic heterocycles. The minimum absolute atomic E-state index is 0.236. The van der Waals surface area contributed by atoms with E-state index in [0.717, 1.165) is 29.8 Å². The number of rotatable bonds is 3. The molecule has 2 rings (SSSR count). The van der Waals surface area contributed by atoms with Crippen LogP contribution in [0.3, 0.4) is 0 Å². The highest BCUT2D eigenvalue weighted by Gasteiger charge is 2.34. The largest absolute Gasteiger partial charge is 0.467 e. The lowest BCUT2D eigenvalue weighted by molar-refractivity contribution is -0.141. The molecule has 1 aromatic carbocycles. The van der Waals surface area contributed by atoms with E-state index in [1.807, 2.05) is 23.4 Å². The van der Waals surface area contributed by atoms with Gasteiger partial charge in [-0.15, -0.1) is 0 Å². The van der Waals surface area contributed by atoms with Gasteiger partial charge in [0, 0.05) is 5.75 Å². The van der Waals surface area contributed by atoms with Crippen molar-refractivity contribution in [1.29, 1.82) is 5.26 Å². The van der Waals surface area contributed by atoms with Crippen molar-refractivity contribution < 1.29 is 9.53 Å². The Morgan fingerprint density at radius 2 is 2.42 bits per heavy atom. The van der Waals surface area contributed by atoms with Crippen LogP contribution < -0.4 is 4.31 Å². The number of carbonyl (C=O) groups is 1. The monoisotopic (exact) mass is 276 g/mol. The lowest BCUT2D eigenvalue weighted by atomic mass is 10.0. The van der Waals surface area contributed by atoms with Crippen LogP contribution in [0.1, 0.15) is 24.5 Å². The number of nitriles is 1. The summed E-state index contributed by atoms with van der Waals surface area (Å²) in [6, 6.07) is 7.60. The molecule has 1 heterocycles. The molecule has 0 N–H and O–H groups in total. The number of nitrogens with zero attached hydrogens (tertiary/aromatic N) is 2. The fourth-order valence-electron chi connectivity index (χ4n) is 2.27. The molecular formula is C14H16N2O2S. The Balaban J connectivity index is 2.46. The molecule has 0 aliphatic carbocycles. The van der Waals surface area contributed by atoms with Gasteiger partial charge in [-0.2, -0.15) is 5.26 Å². The summed E-state index contributed by atoms with van der Waals surface area (Å²) in [7, 11) is 1.40. The molecule has 0 spiro atoms. The Bertz CT molecular complexity index is 525. The van der Waals surface area contributed by atoms with Gasteiger partial charge < -0.3 is 9.04 Å². The molecule has 1 saturated heterocycles. The van der Waals surface area contributed by atoms with Crippen molar-refractivity contribution >= 4 is 23.6 Å². The van der Waals surface area contributed by atoms with Crippen LogP contribution in [0.2, 0.25) is 0 Å². The highest BCUT2D eigenvalue weighted by Crippen LogP contribution is 2.38. The quantitative estimate of drug-likeness (QED) is 0.627. The van der Waals surface area contributed by atoms with E-state index in [0.29, 0.717) is 5.56 Å². The second-order valence-electron chi connectivity index (χ2n) is 4.27. The summed E-state index contributed by atoms with van der Waals surface area (Å²) in [5.74, 6) is 0.627. The number of aryl methyl sites for hydroxylation is 1. The molecule has 1 fully saturated rings. The number of benzene rings is 1. The van der Waals surface area contributed by atoms with Gasteiger partial charge in [-0.05, 0) is 36.4 Å². The van der Waals surface area contributed by atoms with Crippen LogP contribution in [-0.4, -0.2) is 24.9 Å². The summed E-state index contributed by atoms with van der Waals surface area (Å²) < 4.78 is 6.80. The van der Waals surface area contributed by atoms with Gasteiger partial charge in [0.25, 0.3) is 0 Å². The number of ether oxygens (including phenoxy) is 1. The number of anilines is 1. The zero-order valence-electron chi connectivity index (χ0n) is 11.0. The van der Waals surface area contributed by atoms with E-state index in [9.17, 15) is 10.1 Å². The van der Waals surface area contributed by atoms with Gasteiger partial charge in [-0.3, -0.25) is 0 Å². The third kappa shape index (κ3) is 2.54. The van der Waals surface area contributed by atoms with Crippen LogP contribution in [0.4, 0.5) is 5.69 Å². The van der Waals surface area contributed by atoms with Gasteiger partial charge in [0.15, 0.2) is 0 Å². The Kier molecular flexibility index (Phi) is 4.33. The molecule has 0 radical (unpaired) electrons. The van der Waals surface area contributed by atoms with Crippen LogP contribution in [0, 0.1) is 11.3 Å².